The lowest BCUT2D eigenvalue weighted by Gasteiger charge is -2.36. The molecule has 1 saturated heterocycles. The topological polar surface area (TPSA) is 109 Å². The molecule has 0 bridgehead atoms. The fraction of sp³-hybridized carbons (Fsp3) is 0.393. The number of carbonyl (C=O) groups excluding carboxylic acids is 2. The zero-order chi connectivity index (χ0) is 25.4. The van der Waals surface area contributed by atoms with E-state index >= 15 is 0 Å². The predicted octanol–water partition coefficient (Wildman–Crippen LogP) is 3.88. The number of fused-ring (bicyclic) bond motifs is 2. The van der Waals surface area contributed by atoms with Crippen molar-refractivity contribution in [1.29, 1.82) is 0 Å². The number of imidazole rings is 1. The molecule has 5 rings (SSSR count). The molecule has 1 aliphatic rings. The highest BCUT2D eigenvalue weighted by atomic mass is 35.5. The number of halogens is 1. The molecule has 1 aliphatic heterocycles. The van der Waals surface area contributed by atoms with Crippen molar-refractivity contribution in [1.82, 2.24) is 24.8 Å². The number of nitrogens with two attached hydrogens (primary N) is 1. The Bertz CT molecular complexity index is 1410. The minimum absolute atomic E-state index is 0. The zero-order valence-corrected chi connectivity index (χ0v) is 22.3. The molecule has 1 fully saturated rings. The van der Waals surface area contributed by atoms with Crippen LogP contribution in [0.1, 0.15) is 44.1 Å². The molecule has 196 valence electrons. The Kier molecular flexibility index (Phi) is 7.62. The molecule has 2 aromatic heterocycles. The number of hydrogen-bond donors (Lipinski definition) is 3. The average molecular weight is 523 g/mol. The van der Waals surface area contributed by atoms with Crippen LogP contribution in [0.3, 0.4) is 0 Å². The fourth-order valence-electron chi connectivity index (χ4n) is 5.26. The minimum Gasteiger partial charge on any atom is -0.361 e. The van der Waals surface area contributed by atoms with Gasteiger partial charge in [0.2, 0.25) is 11.8 Å². The molecule has 9 heteroatoms. The van der Waals surface area contributed by atoms with Crippen LogP contribution in [-0.4, -0.2) is 55.9 Å². The summed E-state index contributed by atoms with van der Waals surface area (Å²) in [7, 11) is 0. The maximum atomic E-state index is 13.7. The molecule has 3 heterocycles. The number of carbonyl (C=O) groups is 2. The molecule has 0 spiro atoms. The van der Waals surface area contributed by atoms with Crippen LogP contribution in [0.4, 0.5) is 0 Å². The summed E-state index contributed by atoms with van der Waals surface area (Å²) in [4.78, 5) is 36.4. The number of para-hydroxylation sites is 3. The molecule has 4 aromatic rings. The van der Waals surface area contributed by atoms with E-state index in [1.165, 1.54) is 0 Å². The molecule has 4 N–H and O–H groups in total. The van der Waals surface area contributed by atoms with Crippen LogP contribution >= 0.6 is 12.4 Å². The normalized spacial score (nSPS) is 15.5. The maximum absolute atomic E-state index is 13.7. The smallest absolute Gasteiger partial charge is 0.245 e. The number of aryl methyl sites for hydroxylation is 1. The highest BCUT2D eigenvalue weighted by Gasteiger charge is 2.33. The lowest BCUT2D eigenvalue weighted by atomic mass is 9.99. The SMILES string of the molecule is Cc1nc2ccccc2n1C1CCN(C(=O)C(Cc2c[nH]c3ccccc23)NC(=O)C(C)(C)N)CC1.Cl. The van der Waals surface area contributed by atoms with Gasteiger partial charge >= 0.3 is 0 Å². The van der Waals surface area contributed by atoms with Crippen molar-refractivity contribution in [2.24, 2.45) is 5.73 Å². The molecule has 37 heavy (non-hydrogen) atoms. The van der Waals surface area contributed by atoms with Crippen molar-refractivity contribution < 1.29 is 9.59 Å². The summed E-state index contributed by atoms with van der Waals surface area (Å²) in [5.41, 5.74) is 9.11. The fourth-order valence-corrected chi connectivity index (χ4v) is 5.26. The van der Waals surface area contributed by atoms with Gasteiger partial charge in [0.15, 0.2) is 0 Å². The molecule has 8 nitrogen and oxygen atoms in total. The summed E-state index contributed by atoms with van der Waals surface area (Å²) in [6, 6.07) is 15.8. The van der Waals surface area contributed by atoms with Gasteiger partial charge in [-0.25, -0.2) is 4.98 Å². The first-order valence-electron chi connectivity index (χ1n) is 12.6. The van der Waals surface area contributed by atoms with Gasteiger partial charge in [0.1, 0.15) is 11.9 Å². The van der Waals surface area contributed by atoms with Crippen LogP contribution in [0.15, 0.2) is 54.7 Å². The molecule has 0 saturated carbocycles. The van der Waals surface area contributed by atoms with Gasteiger partial charge < -0.3 is 25.5 Å². The van der Waals surface area contributed by atoms with E-state index in [-0.39, 0.29) is 30.3 Å². The van der Waals surface area contributed by atoms with Crippen LogP contribution in [0, 0.1) is 6.92 Å². The number of aromatic amines is 1. The van der Waals surface area contributed by atoms with Gasteiger partial charge in [-0.05, 0) is 57.4 Å². The van der Waals surface area contributed by atoms with Gasteiger partial charge in [0.25, 0.3) is 0 Å². The lowest BCUT2D eigenvalue weighted by molar-refractivity contribution is -0.138. The third-order valence-corrected chi connectivity index (χ3v) is 7.20. The highest BCUT2D eigenvalue weighted by Crippen LogP contribution is 2.29. The highest BCUT2D eigenvalue weighted by molar-refractivity contribution is 5.92. The number of piperidine rings is 1. The first-order valence-corrected chi connectivity index (χ1v) is 12.6. The molecule has 2 aromatic carbocycles. The monoisotopic (exact) mass is 522 g/mol. The van der Waals surface area contributed by atoms with Gasteiger partial charge in [0.05, 0.1) is 16.6 Å². The van der Waals surface area contributed by atoms with E-state index < -0.39 is 11.6 Å². The first-order chi connectivity index (χ1) is 17.2. The molecule has 1 atom stereocenters. The van der Waals surface area contributed by atoms with E-state index in [0.29, 0.717) is 19.5 Å². The quantitative estimate of drug-likeness (QED) is 0.357. The Balaban J connectivity index is 0.00000320. The van der Waals surface area contributed by atoms with Gasteiger partial charge in [-0.2, -0.15) is 0 Å². The Labute approximate surface area is 223 Å². The van der Waals surface area contributed by atoms with Gasteiger partial charge in [0, 0.05) is 42.7 Å². The summed E-state index contributed by atoms with van der Waals surface area (Å²) in [5.74, 6) is 0.593. The van der Waals surface area contributed by atoms with E-state index in [4.69, 9.17) is 10.7 Å². The van der Waals surface area contributed by atoms with Gasteiger partial charge in [-0.1, -0.05) is 30.3 Å². The third-order valence-electron chi connectivity index (χ3n) is 7.20. The van der Waals surface area contributed by atoms with Crippen molar-refractivity contribution in [3.8, 4) is 0 Å². The van der Waals surface area contributed by atoms with Crippen LogP contribution < -0.4 is 11.1 Å². The van der Waals surface area contributed by atoms with Crippen molar-refractivity contribution in [3.05, 3.63) is 66.1 Å². The van der Waals surface area contributed by atoms with E-state index in [9.17, 15) is 9.59 Å². The van der Waals surface area contributed by atoms with E-state index in [1.54, 1.807) is 13.8 Å². The van der Waals surface area contributed by atoms with E-state index in [0.717, 1.165) is 46.2 Å². The number of benzene rings is 2. The number of likely N-dealkylation sites (tertiary alicyclic amines) is 1. The van der Waals surface area contributed by atoms with Crippen molar-refractivity contribution in [3.63, 3.8) is 0 Å². The van der Waals surface area contributed by atoms with Crippen molar-refractivity contribution in [2.75, 3.05) is 13.1 Å². The zero-order valence-electron chi connectivity index (χ0n) is 21.5. The molecular formula is C28H35ClN6O2. The summed E-state index contributed by atoms with van der Waals surface area (Å²) >= 11 is 0. The Morgan fingerprint density at radius 1 is 1.14 bits per heavy atom. The third kappa shape index (κ3) is 5.36. The molecule has 0 aliphatic carbocycles. The average Bonchev–Trinajstić information content (AvgIpc) is 3.42. The maximum Gasteiger partial charge on any atom is 0.245 e. The van der Waals surface area contributed by atoms with Crippen LogP contribution in [0.2, 0.25) is 0 Å². The molecule has 2 amide bonds. The standard InChI is InChI=1S/C28H34N6O2.ClH/c1-18-31-23-10-6-7-11-25(23)34(18)20-12-14-33(15-13-20)26(35)24(32-27(36)28(2,3)29)16-19-17-30-22-9-5-4-8-21(19)22;/h4-11,17,20,24,30H,12-16,29H2,1-3H3,(H,32,36);1H. The number of nitrogens with zero attached hydrogens (tertiary/aromatic N) is 3. The number of hydrogen-bond acceptors (Lipinski definition) is 4. The number of rotatable bonds is 6. The second kappa shape index (κ2) is 10.6. The minimum atomic E-state index is -1.08. The number of H-pyrrole nitrogens is 1. The Hall–Kier alpha value is -3.36. The van der Waals surface area contributed by atoms with E-state index in [2.05, 4.69) is 20.9 Å². The van der Waals surface area contributed by atoms with Crippen LogP contribution in [-0.2, 0) is 16.0 Å². The van der Waals surface area contributed by atoms with Crippen molar-refractivity contribution in [2.45, 2.75) is 57.7 Å². The van der Waals surface area contributed by atoms with Gasteiger partial charge in [-0.15, -0.1) is 12.4 Å². The van der Waals surface area contributed by atoms with Crippen LogP contribution in [0.25, 0.3) is 21.9 Å². The molecule has 1 unspecified atom stereocenters. The van der Waals surface area contributed by atoms with Crippen molar-refractivity contribution >= 4 is 46.2 Å². The largest absolute Gasteiger partial charge is 0.361 e. The predicted molar refractivity (Wildman–Crippen MR) is 149 cm³/mol. The Morgan fingerprint density at radius 3 is 2.54 bits per heavy atom. The van der Waals surface area contributed by atoms with Gasteiger partial charge in [-0.3, -0.25) is 9.59 Å². The number of amides is 2. The summed E-state index contributed by atoms with van der Waals surface area (Å²) in [6.45, 7) is 6.60. The summed E-state index contributed by atoms with van der Waals surface area (Å²) in [5, 5.41) is 4.00. The summed E-state index contributed by atoms with van der Waals surface area (Å²) < 4.78 is 2.30. The first kappa shape index (κ1) is 26.7. The Morgan fingerprint density at radius 2 is 1.81 bits per heavy atom. The second-order valence-corrected chi connectivity index (χ2v) is 10.4. The van der Waals surface area contributed by atoms with Crippen LogP contribution in [0.5, 0.6) is 0 Å². The number of nitrogens with one attached hydrogen (secondary N) is 2. The van der Waals surface area contributed by atoms with E-state index in [1.807, 2.05) is 60.5 Å². The lowest BCUT2D eigenvalue weighted by Crippen LogP contribution is -2.57. The molecule has 0 radical (unpaired) electrons. The molecular weight excluding hydrogens is 488 g/mol. The number of aromatic nitrogens is 3. The second-order valence-electron chi connectivity index (χ2n) is 10.4. The summed E-state index contributed by atoms with van der Waals surface area (Å²) in [6.07, 6.45) is 3.99.